The van der Waals surface area contributed by atoms with E-state index < -0.39 is 24.2 Å². The molecule has 0 spiro atoms. The number of carbonyl (C=O) groups is 1. The normalized spacial score (nSPS) is 21.3. The number of phenolic OH excluding ortho intramolecular Hbond substituents is 1. The monoisotopic (exact) mass is 957 g/mol. The van der Waals surface area contributed by atoms with E-state index in [0.29, 0.717) is 29.9 Å². The third kappa shape index (κ3) is 10.1. The first-order chi connectivity index (χ1) is 34.7. The number of aromatic hydroxyl groups is 1. The number of aromatic nitrogens is 1. The third-order valence-electron chi connectivity index (χ3n) is 14.5. The third-order valence-corrected chi connectivity index (χ3v) is 14.5. The second-order valence-electron chi connectivity index (χ2n) is 19.1. The molecule has 0 amide bonds. The lowest BCUT2D eigenvalue weighted by Crippen LogP contribution is -2.52. The largest absolute Gasteiger partial charge is 0.508 e. The van der Waals surface area contributed by atoms with Gasteiger partial charge in [0.05, 0.1) is 45.6 Å². The fourth-order valence-corrected chi connectivity index (χ4v) is 10.7. The molecule has 6 bridgehead atoms. The van der Waals surface area contributed by atoms with Crippen LogP contribution in [0.15, 0.2) is 121 Å². The molecule has 5 heterocycles. The number of nitrogens with zero attached hydrogens (tertiary/aromatic N) is 1. The van der Waals surface area contributed by atoms with Gasteiger partial charge in [0.15, 0.2) is 17.3 Å². The van der Waals surface area contributed by atoms with Crippen LogP contribution in [0.2, 0.25) is 0 Å². The number of benzene rings is 5. The van der Waals surface area contributed by atoms with Crippen LogP contribution in [0.25, 0.3) is 17.2 Å². The molecule has 6 aromatic rings. The standard InChI is InChI=1S/C59H63N3O9/c1-3-42-31-49-40-11-7-10-37(28-40)13-21-48-55-54(52(67)32-53(71-55)39-15-18-44(64)19-16-39)57(69-27-24-45(65)17-12-36-8-5-4-6-9-36)58(68-2)56(48)70-35-41(34-63)46-22-23-51(66)50-30-38(14-20-47(46)50)29-43-33-60-25-26-62(43)59(49)61-42/h4-12,14-20,22-23,28,30-31,41,43,45-46,51,53,60-61,63-66H,3,13,21,24-27,29,32-35H2,1-2H3. The van der Waals surface area contributed by atoms with Crippen molar-refractivity contribution in [2.45, 2.75) is 75.7 Å². The van der Waals surface area contributed by atoms with Crippen LogP contribution in [0.4, 0.5) is 5.82 Å². The van der Waals surface area contributed by atoms with Gasteiger partial charge in [-0.1, -0.05) is 116 Å². The summed E-state index contributed by atoms with van der Waals surface area (Å²) in [6, 6.07) is 33.8. The Kier molecular flexibility index (Phi) is 14.3. The number of Topliss-reactive ketones (excluding diaryl/α,β-unsaturated/α-hetero) is 1. The van der Waals surface area contributed by atoms with Crippen molar-refractivity contribution in [3.63, 3.8) is 0 Å². The Morgan fingerprint density at radius 2 is 1.75 bits per heavy atom. The van der Waals surface area contributed by atoms with E-state index in [4.69, 9.17) is 18.9 Å². The Balaban J connectivity index is 1.10. The van der Waals surface area contributed by atoms with Crippen LogP contribution < -0.4 is 29.2 Å². The topological polar surface area (TPSA) is 166 Å². The van der Waals surface area contributed by atoms with Crippen molar-refractivity contribution in [1.29, 1.82) is 0 Å². The number of aliphatic hydroxyl groups is 3. The molecule has 11 rings (SSSR count). The predicted octanol–water partition coefficient (Wildman–Crippen LogP) is 9.00. The van der Waals surface area contributed by atoms with Crippen molar-refractivity contribution in [3.05, 3.63) is 172 Å². The number of ketones is 1. The number of fused-ring (bicyclic) bond motifs is 5. The lowest BCUT2D eigenvalue weighted by atomic mass is 9.78. The van der Waals surface area contributed by atoms with Gasteiger partial charge in [0, 0.05) is 60.8 Å². The molecule has 12 nitrogen and oxygen atoms in total. The fraction of sp³-hybridized carbons (Fsp3) is 0.339. The zero-order valence-corrected chi connectivity index (χ0v) is 40.4. The first-order valence-corrected chi connectivity index (χ1v) is 25.0. The van der Waals surface area contributed by atoms with Crippen LogP contribution in [-0.4, -0.2) is 89.9 Å². The SMILES string of the molecule is CCc1cc2c([nH]1)N1CCNCC1Cc1ccc3c(c1)C(O)C=CC3C(CO)COc1c(c3c(c(OCCC(O)C=Cc4ccccc4)c1OC)C(=O)CC(c1ccc(O)cc1)O3)CCc1cccc-2c1. The molecule has 12 heteroatoms. The number of aliphatic hydroxyl groups excluding tert-OH is 3. The minimum Gasteiger partial charge on any atom is -0.508 e. The number of allylic oxidation sites excluding steroid dienone is 1. The van der Waals surface area contributed by atoms with Crippen LogP contribution in [0.3, 0.4) is 0 Å². The Morgan fingerprint density at radius 3 is 2.55 bits per heavy atom. The number of aromatic amines is 1. The zero-order valence-electron chi connectivity index (χ0n) is 40.4. The van der Waals surface area contributed by atoms with Gasteiger partial charge in [0.25, 0.3) is 0 Å². The van der Waals surface area contributed by atoms with Gasteiger partial charge in [-0.05, 0) is 82.8 Å². The average molecular weight is 958 g/mol. The molecule has 0 saturated carbocycles. The summed E-state index contributed by atoms with van der Waals surface area (Å²) >= 11 is 0. The molecule has 6 N–H and O–H groups in total. The summed E-state index contributed by atoms with van der Waals surface area (Å²) in [5.41, 5.74) is 9.79. The number of anilines is 1. The van der Waals surface area contributed by atoms with Crippen molar-refractivity contribution in [2.75, 3.05) is 51.5 Å². The molecule has 6 unspecified atom stereocenters. The van der Waals surface area contributed by atoms with Crippen LogP contribution in [-0.2, 0) is 25.7 Å². The molecule has 1 fully saturated rings. The maximum atomic E-state index is 14.8. The van der Waals surface area contributed by atoms with Gasteiger partial charge in [-0.25, -0.2) is 0 Å². The average Bonchev–Trinajstić information content (AvgIpc) is 3.83. The number of methoxy groups -OCH3 is 1. The zero-order chi connectivity index (χ0) is 49.0. The highest BCUT2D eigenvalue weighted by Crippen LogP contribution is 2.54. The maximum absolute atomic E-state index is 14.8. The van der Waals surface area contributed by atoms with Crippen LogP contribution in [0.1, 0.15) is 92.9 Å². The summed E-state index contributed by atoms with van der Waals surface area (Å²) < 4.78 is 26.8. The molecule has 1 aromatic heterocycles. The number of H-pyrrole nitrogens is 1. The lowest BCUT2D eigenvalue weighted by Gasteiger charge is -2.38. The van der Waals surface area contributed by atoms with Crippen molar-refractivity contribution >= 4 is 17.7 Å². The summed E-state index contributed by atoms with van der Waals surface area (Å²) in [5, 5.41) is 47.6. The highest BCUT2D eigenvalue weighted by molar-refractivity contribution is 6.04. The molecule has 71 heavy (non-hydrogen) atoms. The van der Waals surface area contributed by atoms with Crippen molar-refractivity contribution in [1.82, 2.24) is 10.3 Å². The highest BCUT2D eigenvalue weighted by Gasteiger charge is 2.39. The molecule has 5 aromatic carbocycles. The summed E-state index contributed by atoms with van der Waals surface area (Å²) in [4.78, 5) is 21.1. The molecule has 1 saturated heterocycles. The van der Waals surface area contributed by atoms with Gasteiger partial charge in [-0.3, -0.25) is 4.79 Å². The van der Waals surface area contributed by atoms with Crippen molar-refractivity contribution < 1.29 is 44.2 Å². The van der Waals surface area contributed by atoms with Gasteiger partial charge in [0.1, 0.15) is 29.0 Å². The number of aryl methyl sites for hydroxylation is 2. The Morgan fingerprint density at radius 1 is 0.901 bits per heavy atom. The molecular weight excluding hydrogens is 895 g/mol. The van der Waals surface area contributed by atoms with Gasteiger partial charge in [0.2, 0.25) is 5.75 Å². The van der Waals surface area contributed by atoms with E-state index in [-0.39, 0.29) is 73.2 Å². The highest BCUT2D eigenvalue weighted by atomic mass is 16.5. The van der Waals surface area contributed by atoms with Gasteiger partial charge < -0.3 is 54.6 Å². The van der Waals surface area contributed by atoms with Crippen molar-refractivity contribution in [2.24, 2.45) is 5.92 Å². The number of ether oxygens (including phenoxy) is 4. The Bertz CT molecular complexity index is 2910. The minimum atomic E-state index is -0.844. The van der Waals surface area contributed by atoms with Gasteiger partial charge in [-0.15, -0.1) is 0 Å². The van der Waals surface area contributed by atoms with E-state index in [2.05, 4.69) is 70.7 Å². The number of rotatable bonds is 10. The minimum absolute atomic E-state index is 0.00166. The van der Waals surface area contributed by atoms with E-state index >= 15 is 0 Å². The Hall–Kier alpha value is -6.83. The first-order valence-electron chi connectivity index (χ1n) is 25.0. The maximum Gasteiger partial charge on any atom is 0.204 e. The second-order valence-corrected chi connectivity index (χ2v) is 19.1. The Labute approximate surface area is 415 Å². The quantitative estimate of drug-likeness (QED) is 0.0726. The van der Waals surface area contributed by atoms with E-state index in [0.717, 1.165) is 88.5 Å². The molecule has 368 valence electrons. The number of hydrogen-bond acceptors (Lipinski definition) is 11. The fourth-order valence-electron chi connectivity index (χ4n) is 10.7. The lowest BCUT2D eigenvalue weighted by molar-refractivity contribution is 0.0834. The molecule has 6 atom stereocenters. The van der Waals surface area contributed by atoms with Crippen LogP contribution in [0.5, 0.6) is 28.7 Å². The predicted molar refractivity (Wildman–Crippen MR) is 275 cm³/mol. The number of piperazine rings is 1. The van der Waals surface area contributed by atoms with E-state index in [1.54, 1.807) is 36.4 Å². The van der Waals surface area contributed by atoms with E-state index in [9.17, 15) is 25.2 Å². The molecular formula is C59H63N3O9. The number of nitrogens with one attached hydrogen (secondary N) is 2. The second kappa shape index (κ2) is 21.3. The van der Waals surface area contributed by atoms with Crippen LogP contribution >= 0.6 is 0 Å². The summed E-state index contributed by atoms with van der Waals surface area (Å²) in [7, 11) is 1.52. The number of carbonyl (C=O) groups excluding carboxylic acids is 1. The van der Waals surface area contributed by atoms with E-state index in [1.165, 1.54) is 7.11 Å². The summed E-state index contributed by atoms with van der Waals surface area (Å²) in [6.45, 7) is 4.49. The molecule has 4 aliphatic heterocycles. The van der Waals surface area contributed by atoms with Gasteiger partial charge >= 0.3 is 0 Å². The smallest absolute Gasteiger partial charge is 0.204 e. The van der Waals surface area contributed by atoms with Crippen LogP contribution in [0, 0.1) is 5.92 Å². The van der Waals surface area contributed by atoms with E-state index in [1.807, 2.05) is 42.5 Å². The van der Waals surface area contributed by atoms with Crippen molar-refractivity contribution in [3.8, 4) is 39.9 Å². The number of hydrogen-bond donors (Lipinski definition) is 6. The van der Waals surface area contributed by atoms with Gasteiger partial charge in [-0.2, -0.15) is 0 Å². The molecule has 5 aliphatic rings. The number of phenols is 1. The first kappa shape index (κ1) is 47.8. The summed E-state index contributed by atoms with van der Waals surface area (Å²) in [5.74, 6) is 1.23. The molecule has 1 aliphatic carbocycles. The molecule has 0 radical (unpaired) electrons. The summed E-state index contributed by atoms with van der Waals surface area (Å²) in [6.07, 6.45) is 7.74.